The molecule has 1 fully saturated rings. The SMILES string of the molecule is C=CC(C)NC(=O)C1CC(CC)CCN1. The molecule has 0 saturated carbocycles. The van der Waals surface area contributed by atoms with Crippen LogP contribution in [0.25, 0.3) is 0 Å². The average Bonchev–Trinajstić information content (AvgIpc) is 2.28. The third kappa shape index (κ3) is 3.67. The van der Waals surface area contributed by atoms with Crippen LogP contribution >= 0.6 is 0 Å². The van der Waals surface area contributed by atoms with Crippen molar-refractivity contribution in [3.05, 3.63) is 12.7 Å². The van der Waals surface area contributed by atoms with Crippen molar-refractivity contribution in [1.82, 2.24) is 10.6 Å². The number of piperidine rings is 1. The topological polar surface area (TPSA) is 41.1 Å². The van der Waals surface area contributed by atoms with Crippen LogP contribution in [-0.4, -0.2) is 24.5 Å². The van der Waals surface area contributed by atoms with Gasteiger partial charge in [-0.05, 0) is 32.2 Å². The molecule has 3 unspecified atom stereocenters. The van der Waals surface area contributed by atoms with Gasteiger partial charge in [-0.1, -0.05) is 19.4 Å². The highest BCUT2D eigenvalue weighted by Gasteiger charge is 2.25. The van der Waals surface area contributed by atoms with Gasteiger partial charge in [-0.3, -0.25) is 4.79 Å². The number of rotatable bonds is 4. The van der Waals surface area contributed by atoms with E-state index in [1.54, 1.807) is 6.08 Å². The molecule has 3 heteroatoms. The highest BCUT2D eigenvalue weighted by molar-refractivity contribution is 5.82. The van der Waals surface area contributed by atoms with Crippen LogP contribution in [0.3, 0.4) is 0 Å². The molecule has 0 aromatic carbocycles. The first-order valence-electron chi connectivity index (χ1n) is 5.83. The van der Waals surface area contributed by atoms with E-state index in [1.807, 2.05) is 6.92 Å². The van der Waals surface area contributed by atoms with Crippen molar-refractivity contribution in [3.63, 3.8) is 0 Å². The zero-order chi connectivity index (χ0) is 11.3. The maximum absolute atomic E-state index is 11.8. The molecule has 1 saturated heterocycles. The minimum absolute atomic E-state index is 0.00824. The first kappa shape index (κ1) is 12.2. The summed E-state index contributed by atoms with van der Waals surface area (Å²) >= 11 is 0. The maximum atomic E-state index is 11.8. The minimum Gasteiger partial charge on any atom is -0.349 e. The molecule has 15 heavy (non-hydrogen) atoms. The molecule has 0 aliphatic carbocycles. The Bertz CT molecular complexity index is 228. The Morgan fingerprint density at radius 1 is 1.73 bits per heavy atom. The van der Waals surface area contributed by atoms with E-state index in [4.69, 9.17) is 0 Å². The molecule has 1 aliphatic rings. The molecule has 1 heterocycles. The fourth-order valence-corrected chi connectivity index (χ4v) is 1.95. The van der Waals surface area contributed by atoms with E-state index in [1.165, 1.54) is 12.8 Å². The normalized spacial score (nSPS) is 28.1. The van der Waals surface area contributed by atoms with Crippen molar-refractivity contribution in [1.29, 1.82) is 0 Å². The van der Waals surface area contributed by atoms with Gasteiger partial charge in [0.25, 0.3) is 0 Å². The van der Waals surface area contributed by atoms with E-state index in [0.29, 0.717) is 5.92 Å². The fourth-order valence-electron chi connectivity index (χ4n) is 1.95. The Balaban J connectivity index is 2.41. The van der Waals surface area contributed by atoms with Crippen molar-refractivity contribution in [3.8, 4) is 0 Å². The summed E-state index contributed by atoms with van der Waals surface area (Å²) in [6.45, 7) is 8.74. The third-order valence-electron chi connectivity index (χ3n) is 3.13. The summed E-state index contributed by atoms with van der Waals surface area (Å²) in [4.78, 5) is 11.8. The lowest BCUT2D eigenvalue weighted by Gasteiger charge is -2.29. The summed E-state index contributed by atoms with van der Waals surface area (Å²) in [5.41, 5.74) is 0. The Morgan fingerprint density at radius 3 is 3.07 bits per heavy atom. The van der Waals surface area contributed by atoms with E-state index in [0.717, 1.165) is 13.0 Å². The molecular weight excluding hydrogens is 188 g/mol. The molecule has 0 aromatic heterocycles. The molecule has 1 amide bonds. The third-order valence-corrected chi connectivity index (χ3v) is 3.13. The zero-order valence-electron chi connectivity index (χ0n) is 9.75. The molecular formula is C12H22N2O. The smallest absolute Gasteiger partial charge is 0.237 e. The van der Waals surface area contributed by atoms with Crippen LogP contribution < -0.4 is 10.6 Å². The predicted molar refractivity (Wildman–Crippen MR) is 62.6 cm³/mol. The van der Waals surface area contributed by atoms with Crippen molar-refractivity contribution < 1.29 is 4.79 Å². The first-order chi connectivity index (χ1) is 7.17. The average molecular weight is 210 g/mol. The van der Waals surface area contributed by atoms with Gasteiger partial charge in [0.05, 0.1) is 6.04 Å². The quantitative estimate of drug-likeness (QED) is 0.690. The maximum Gasteiger partial charge on any atom is 0.237 e. The fraction of sp³-hybridized carbons (Fsp3) is 0.750. The molecule has 0 radical (unpaired) electrons. The van der Waals surface area contributed by atoms with Gasteiger partial charge in [0.2, 0.25) is 5.91 Å². The van der Waals surface area contributed by atoms with Crippen molar-refractivity contribution in [2.45, 2.75) is 45.2 Å². The van der Waals surface area contributed by atoms with E-state index >= 15 is 0 Å². The monoisotopic (exact) mass is 210 g/mol. The number of hydrogen-bond acceptors (Lipinski definition) is 2. The first-order valence-corrected chi connectivity index (χ1v) is 5.83. The summed E-state index contributed by atoms with van der Waals surface area (Å²) < 4.78 is 0. The highest BCUT2D eigenvalue weighted by Crippen LogP contribution is 2.19. The van der Waals surface area contributed by atoms with Crippen molar-refractivity contribution >= 4 is 5.91 Å². The van der Waals surface area contributed by atoms with Crippen LogP contribution in [0.5, 0.6) is 0 Å². The highest BCUT2D eigenvalue weighted by atomic mass is 16.2. The van der Waals surface area contributed by atoms with Crippen LogP contribution in [-0.2, 0) is 4.79 Å². The van der Waals surface area contributed by atoms with Crippen LogP contribution in [0, 0.1) is 5.92 Å². The van der Waals surface area contributed by atoms with Gasteiger partial charge < -0.3 is 10.6 Å². The summed E-state index contributed by atoms with van der Waals surface area (Å²) in [7, 11) is 0. The van der Waals surface area contributed by atoms with Crippen LogP contribution in [0.4, 0.5) is 0 Å². The van der Waals surface area contributed by atoms with E-state index in [-0.39, 0.29) is 18.0 Å². The Labute approximate surface area is 92.3 Å². The lowest BCUT2D eigenvalue weighted by molar-refractivity contribution is -0.124. The second-order valence-electron chi connectivity index (χ2n) is 4.34. The number of hydrogen-bond donors (Lipinski definition) is 2. The molecule has 1 rings (SSSR count). The molecule has 0 bridgehead atoms. The largest absolute Gasteiger partial charge is 0.349 e. The van der Waals surface area contributed by atoms with Crippen molar-refractivity contribution in [2.24, 2.45) is 5.92 Å². The lowest BCUT2D eigenvalue weighted by Crippen LogP contribution is -2.50. The van der Waals surface area contributed by atoms with Gasteiger partial charge in [0, 0.05) is 6.04 Å². The van der Waals surface area contributed by atoms with Crippen LogP contribution in [0.2, 0.25) is 0 Å². The predicted octanol–water partition coefficient (Wildman–Crippen LogP) is 1.46. The molecule has 3 atom stereocenters. The van der Waals surface area contributed by atoms with Crippen LogP contribution in [0.15, 0.2) is 12.7 Å². The van der Waals surface area contributed by atoms with Crippen LogP contribution in [0.1, 0.15) is 33.1 Å². The van der Waals surface area contributed by atoms with Gasteiger partial charge >= 0.3 is 0 Å². The Hall–Kier alpha value is -0.830. The second kappa shape index (κ2) is 5.91. The number of carbonyl (C=O) groups is 1. The lowest BCUT2D eigenvalue weighted by atomic mass is 9.90. The molecule has 0 aromatic rings. The Morgan fingerprint density at radius 2 is 2.47 bits per heavy atom. The standard InChI is InChI=1S/C12H22N2O/c1-4-9(3)14-12(15)11-8-10(5-2)6-7-13-11/h4,9-11,13H,1,5-8H2,2-3H3,(H,14,15). The molecule has 3 nitrogen and oxygen atoms in total. The summed E-state index contributed by atoms with van der Waals surface area (Å²) in [6.07, 6.45) is 5.07. The number of nitrogens with one attached hydrogen (secondary N) is 2. The van der Waals surface area contributed by atoms with Crippen molar-refractivity contribution in [2.75, 3.05) is 6.54 Å². The summed E-state index contributed by atoms with van der Waals surface area (Å²) in [5, 5.41) is 6.19. The second-order valence-corrected chi connectivity index (χ2v) is 4.34. The Kier molecular flexibility index (Phi) is 4.82. The van der Waals surface area contributed by atoms with E-state index < -0.39 is 0 Å². The molecule has 1 aliphatic heterocycles. The van der Waals surface area contributed by atoms with Gasteiger partial charge in [0.15, 0.2) is 0 Å². The van der Waals surface area contributed by atoms with E-state index in [2.05, 4.69) is 24.1 Å². The molecule has 2 N–H and O–H groups in total. The van der Waals surface area contributed by atoms with E-state index in [9.17, 15) is 4.79 Å². The summed E-state index contributed by atoms with van der Waals surface area (Å²) in [6, 6.07) is 0.0485. The summed E-state index contributed by atoms with van der Waals surface area (Å²) in [5.74, 6) is 0.807. The number of amides is 1. The number of carbonyl (C=O) groups excluding carboxylic acids is 1. The van der Waals surface area contributed by atoms with Gasteiger partial charge in [-0.15, -0.1) is 6.58 Å². The minimum atomic E-state index is -0.00824. The zero-order valence-corrected chi connectivity index (χ0v) is 9.75. The van der Waals surface area contributed by atoms with Gasteiger partial charge in [0.1, 0.15) is 0 Å². The van der Waals surface area contributed by atoms with Gasteiger partial charge in [-0.25, -0.2) is 0 Å². The van der Waals surface area contributed by atoms with Gasteiger partial charge in [-0.2, -0.15) is 0 Å². The molecule has 0 spiro atoms. The molecule has 86 valence electrons.